The van der Waals surface area contributed by atoms with Crippen LogP contribution in [0.5, 0.6) is 0 Å². The molecule has 0 unspecified atom stereocenters. The minimum absolute atomic E-state index is 0.174. The van der Waals surface area contributed by atoms with Crippen LogP contribution in [0.1, 0.15) is 25.7 Å². The molecule has 2 aliphatic heterocycles. The predicted molar refractivity (Wildman–Crippen MR) is 62.9 cm³/mol. The third-order valence-electron chi connectivity index (χ3n) is 3.65. The number of nitrogens with zero attached hydrogens (tertiary/aromatic N) is 2. The molecule has 2 rings (SSSR count). The topological polar surface area (TPSA) is 95.0 Å². The number of likely N-dealkylation sites (tertiary alicyclic amines) is 2. The molecular weight excluding hydrogens is 252 g/mol. The monoisotopic (exact) mass is 268 g/mol. The molecule has 19 heavy (non-hydrogen) atoms. The highest BCUT2D eigenvalue weighted by atomic mass is 16.4. The zero-order valence-electron chi connectivity index (χ0n) is 10.5. The van der Waals surface area contributed by atoms with E-state index < -0.39 is 11.9 Å². The van der Waals surface area contributed by atoms with Crippen LogP contribution in [0, 0.1) is 5.92 Å². The lowest BCUT2D eigenvalue weighted by Gasteiger charge is -2.31. The van der Waals surface area contributed by atoms with E-state index in [2.05, 4.69) is 0 Å². The van der Waals surface area contributed by atoms with Crippen molar-refractivity contribution in [2.24, 2.45) is 5.92 Å². The van der Waals surface area contributed by atoms with Crippen molar-refractivity contribution in [2.75, 3.05) is 19.6 Å². The van der Waals surface area contributed by atoms with Crippen LogP contribution in [0.4, 0.5) is 0 Å². The van der Waals surface area contributed by atoms with E-state index in [4.69, 9.17) is 5.11 Å². The number of carboxylic acid groups (broad SMARTS) is 1. The van der Waals surface area contributed by atoms with Gasteiger partial charge in [0.1, 0.15) is 6.54 Å². The maximum atomic E-state index is 12.0. The normalized spacial score (nSPS) is 21.1. The molecule has 0 saturated carbocycles. The molecule has 0 aromatic carbocycles. The van der Waals surface area contributed by atoms with Crippen molar-refractivity contribution in [3.8, 4) is 0 Å². The third-order valence-corrected chi connectivity index (χ3v) is 3.65. The molecule has 2 heterocycles. The van der Waals surface area contributed by atoms with Crippen LogP contribution >= 0.6 is 0 Å². The van der Waals surface area contributed by atoms with Crippen molar-refractivity contribution in [1.29, 1.82) is 0 Å². The van der Waals surface area contributed by atoms with Crippen molar-refractivity contribution < 1.29 is 24.3 Å². The van der Waals surface area contributed by atoms with Crippen molar-refractivity contribution >= 4 is 23.7 Å². The number of piperidine rings is 1. The number of aliphatic carboxylic acids is 1. The molecule has 0 aromatic heterocycles. The van der Waals surface area contributed by atoms with Crippen molar-refractivity contribution in [1.82, 2.24) is 9.80 Å². The summed E-state index contributed by atoms with van der Waals surface area (Å²) in [6.45, 7) is 0.521. The predicted octanol–water partition coefficient (Wildman–Crippen LogP) is -0.541. The van der Waals surface area contributed by atoms with E-state index in [0.29, 0.717) is 25.9 Å². The smallest absolute Gasteiger partial charge is 0.306 e. The fourth-order valence-corrected chi connectivity index (χ4v) is 2.41. The maximum Gasteiger partial charge on any atom is 0.306 e. The summed E-state index contributed by atoms with van der Waals surface area (Å²) in [4.78, 5) is 48.1. The average Bonchev–Trinajstić information content (AvgIpc) is 2.70. The van der Waals surface area contributed by atoms with Gasteiger partial charge in [-0.3, -0.25) is 24.1 Å². The summed E-state index contributed by atoms with van der Waals surface area (Å²) < 4.78 is 0. The molecule has 7 heteroatoms. The van der Waals surface area contributed by atoms with Crippen LogP contribution < -0.4 is 0 Å². The second-order valence-corrected chi connectivity index (χ2v) is 4.87. The highest BCUT2D eigenvalue weighted by Gasteiger charge is 2.33. The lowest BCUT2D eigenvalue weighted by Crippen LogP contribution is -2.46. The summed E-state index contributed by atoms with van der Waals surface area (Å²) in [6.07, 6.45) is 1.19. The second-order valence-electron chi connectivity index (χ2n) is 4.87. The Hall–Kier alpha value is -1.92. The van der Waals surface area contributed by atoms with E-state index in [1.54, 1.807) is 0 Å². The van der Waals surface area contributed by atoms with Gasteiger partial charge in [0.2, 0.25) is 17.7 Å². The average molecular weight is 268 g/mol. The zero-order chi connectivity index (χ0) is 14.0. The van der Waals surface area contributed by atoms with Gasteiger partial charge in [0, 0.05) is 25.9 Å². The van der Waals surface area contributed by atoms with Crippen LogP contribution in [-0.4, -0.2) is 58.2 Å². The second kappa shape index (κ2) is 5.38. The minimum Gasteiger partial charge on any atom is -0.481 e. The fourth-order valence-electron chi connectivity index (χ4n) is 2.41. The van der Waals surface area contributed by atoms with Gasteiger partial charge < -0.3 is 10.0 Å². The number of carbonyl (C=O) groups is 4. The van der Waals surface area contributed by atoms with Gasteiger partial charge in [0.15, 0.2) is 0 Å². The number of amides is 3. The molecule has 104 valence electrons. The number of carboxylic acids is 1. The molecule has 0 radical (unpaired) electrons. The summed E-state index contributed by atoms with van der Waals surface area (Å²) in [5.41, 5.74) is 0. The highest BCUT2D eigenvalue weighted by Crippen LogP contribution is 2.18. The maximum absolute atomic E-state index is 12.0. The first-order valence-electron chi connectivity index (χ1n) is 6.33. The van der Waals surface area contributed by atoms with Crippen molar-refractivity contribution in [2.45, 2.75) is 25.7 Å². The molecule has 2 fully saturated rings. The first-order valence-corrected chi connectivity index (χ1v) is 6.33. The van der Waals surface area contributed by atoms with Gasteiger partial charge in [-0.2, -0.15) is 0 Å². The first kappa shape index (κ1) is 13.5. The van der Waals surface area contributed by atoms with E-state index in [1.807, 2.05) is 0 Å². The standard InChI is InChI=1S/C12H16N2O5/c15-9-1-2-10(16)14(9)7-11(17)13-5-3-8(4-6-13)12(18)19/h8H,1-7H2,(H,18,19). The molecule has 1 N–H and O–H groups in total. The van der Waals surface area contributed by atoms with Gasteiger partial charge >= 0.3 is 5.97 Å². The molecule has 0 atom stereocenters. The largest absolute Gasteiger partial charge is 0.481 e. The summed E-state index contributed by atoms with van der Waals surface area (Å²) in [5.74, 6) is -2.14. The fraction of sp³-hybridized carbons (Fsp3) is 0.667. The van der Waals surface area contributed by atoms with Crippen molar-refractivity contribution in [3.05, 3.63) is 0 Å². The van der Waals surface area contributed by atoms with E-state index in [-0.39, 0.29) is 37.1 Å². The van der Waals surface area contributed by atoms with Crippen LogP contribution in [-0.2, 0) is 19.2 Å². The van der Waals surface area contributed by atoms with Crippen LogP contribution in [0.3, 0.4) is 0 Å². The Balaban J connectivity index is 1.86. The Labute approximate surface area is 110 Å². The highest BCUT2D eigenvalue weighted by molar-refractivity contribution is 6.04. The van der Waals surface area contributed by atoms with Gasteiger partial charge in [0.05, 0.1) is 5.92 Å². The zero-order valence-corrected chi connectivity index (χ0v) is 10.5. The Kier molecular flexibility index (Phi) is 3.82. The molecule has 2 aliphatic rings. The van der Waals surface area contributed by atoms with E-state index in [1.165, 1.54) is 4.90 Å². The van der Waals surface area contributed by atoms with Crippen LogP contribution in [0.25, 0.3) is 0 Å². The van der Waals surface area contributed by atoms with E-state index in [9.17, 15) is 19.2 Å². The Bertz CT molecular complexity index is 410. The Morgan fingerprint density at radius 1 is 1.11 bits per heavy atom. The molecule has 7 nitrogen and oxygen atoms in total. The minimum atomic E-state index is -0.836. The van der Waals surface area contributed by atoms with Gasteiger partial charge in [-0.25, -0.2) is 0 Å². The lowest BCUT2D eigenvalue weighted by molar-refractivity contribution is -0.148. The van der Waals surface area contributed by atoms with Gasteiger partial charge in [-0.15, -0.1) is 0 Å². The molecule has 0 bridgehead atoms. The molecule has 0 spiro atoms. The number of imide groups is 1. The summed E-state index contributed by atoms with van der Waals surface area (Å²) in [6, 6.07) is 0. The van der Waals surface area contributed by atoms with E-state index >= 15 is 0 Å². The SMILES string of the molecule is O=C(O)C1CCN(C(=O)CN2C(=O)CCC2=O)CC1. The molecule has 2 saturated heterocycles. The Morgan fingerprint density at radius 3 is 2.11 bits per heavy atom. The molecule has 0 aliphatic carbocycles. The quantitative estimate of drug-likeness (QED) is 0.693. The summed E-state index contributed by atoms with van der Waals surface area (Å²) in [7, 11) is 0. The Morgan fingerprint density at radius 2 is 1.63 bits per heavy atom. The number of hydrogen-bond acceptors (Lipinski definition) is 4. The van der Waals surface area contributed by atoms with Gasteiger partial charge in [-0.05, 0) is 12.8 Å². The molecule has 3 amide bonds. The summed E-state index contributed by atoms with van der Waals surface area (Å²) in [5, 5.41) is 8.86. The van der Waals surface area contributed by atoms with Crippen LogP contribution in [0.2, 0.25) is 0 Å². The number of hydrogen-bond donors (Lipinski definition) is 1. The molecular formula is C12H16N2O5. The number of rotatable bonds is 3. The molecule has 0 aromatic rings. The lowest BCUT2D eigenvalue weighted by atomic mass is 9.97. The van der Waals surface area contributed by atoms with Gasteiger partial charge in [0.25, 0.3) is 0 Å². The first-order chi connectivity index (χ1) is 8.99. The van der Waals surface area contributed by atoms with E-state index in [0.717, 1.165) is 4.90 Å². The third kappa shape index (κ3) is 2.91. The number of carbonyl (C=O) groups excluding carboxylic acids is 3. The van der Waals surface area contributed by atoms with Gasteiger partial charge in [-0.1, -0.05) is 0 Å². The summed E-state index contributed by atoms with van der Waals surface area (Å²) >= 11 is 0. The van der Waals surface area contributed by atoms with Crippen LogP contribution in [0.15, 0.2) is 0 Å². The van der Waals surface area contributed by atoms with Crippen molar-refractivity contribution in [3.63, 3.8) is 0 Å².